The van der Waals surface area contributed by atoms with Crippen molar-refractivity contribution in [3.05, 3.63) is 45.9 Å². The van der Waals surface area contributed by atoms with Gasteiger partial charge in [0, 0.05) is 5.69 Å². The highest BCUT2D eigenvalue weighted by Gasteiger charge is 2.21. The molecule has 1 aromatic carbocycles. The Balaban J connectivity index is 2.87. The average Bonchev–Trinajstić information content (AvgIpc) is 2.17. The van der Waals surface area contributed by atoms with Crippen LogP contribution in [-0.2, 0) is 4.79 Å². The van der Waals surface area contributed by atoms with Gasteiger partial charge in [0.25, 0.3) is 0 Å². The molecule has 1 rings (SSSR count). The van der Waals surface area contributed by atoms with Gasteiger partial charge in [-0.25, -0.2) is 4.39 Å². The maximum Gasteiger partial charge on any atom is 0.394 e. The second-order valence-electron chi connectivity index (χ2n) is 2.70. The molecule has 0 aliphatic rings. The van der Waals surface area contributed by atoms with E-state index in [-0.39, 0.29) is 5.69 Å². The molecule has 0 fully saturated rings. The molecule has 0 bridgehead atoms. The van der Waals surface area contributed by atoms with Gasteiger partial charge in [-0.15, -0.1) is 0 Å². The Morgan fingerprint density at radius 3 is 2.75 bits per heavy atom. The Labute approximate surface area is 89.1 Å². The molecule has 1 amide bonds. The zero-order chi connectivity index (χ0) is 12.1. The Hall–Kier alpha value is -2.53. The lowest BCUT2D eigenvalue weighted by atomic mass is 10.3. The second kappa shape index (κ2) is 4.81. The molecule has 16 heavy (non-hydrogen) atoms. The molecule has 6 nitrogen and oxygen atoms in total. The predicted molar refractivity (Wildman–Crippen MR) is 53.3 cm³/mol. The van der Waals surface area contributed by atoms with Crippen LogP contribution in [0.1, 0.15) is 0 Å². The summed E-state index contributed by atoms with van der Waals surface area (Å²) in [5.74, 6) is -0.306. The van der Waals surface area contributed by atoms with E-state index in [2.05, 4.69) is 5.32 Å². The minimum Gasteiger partial charge on any atom is -0.316 e. The molecular weight excluding hydrogens is 217 g/mol. The summed E-state index contributed by atoms with van der Waals surface area (Å²) in [7, 11) is 0. The molecule has 0 saturated heterocycles. The van der Waals surface area contributed by atoms with Gasteiger partial charge >= 0.3 is 11.6 Å². The maximum atomic E-state index is 12.7. The van der Waals surface area contributed by atoms with Gasteiger partial charge < -0.3 is 5.32 Å². The summed E-state index contributed by atoms with van der Waals surface area (Å²) >= 11 is 0. The normalized spacial score (nSPS) is 9.06. The Bertz CT molecular complexity index is 495. The lowest BCUT2D eigenvalue weighted by molar-refractivity contribution is -0.415. The highest BCUT2D eigenvalue weighted by atomic mass is 19.1. The molecule has 82 valence electrons. The van der Waals surface area contributed by atoms with Crippen molar-refractivity contribution in [1.29, 1.82) is 5.41 Å². The van der Waals surface area contributed by atoms with E-state index in [1.165, 1.54) is 18.0 Å². The third-order valence-electron chi connectivity index (χ3n) is 1.60. The summed E-state index contributed by atoms with van der Waals surface area (Å²) in [4.78, 5) is 20.4. The standard InChI is InChI=1S/C9H6FN3O3/c10-6-2-1-3-7(4-6)12-9(14)8(5-11)13(15)16/h1-4,11H,(H,12,14). The number of benzene rings is 1. The first kappa shape index (κ1) is 11.5. The second-order valence-corrected chi connectivity index (χ2v) is 2.70. The van der Waals surface area contributed by atoms with E-state index >= 15 is 0 Å². The first-order valence-electron chi connectivity index (χ1n) is 4.05. The Morgan fingerprint density at radius 2 is 2.25 bits per heavy atom. The van der Waals surface area contributed by atoms with Gasteiger partial charge in [0.05, 0.1) is 10.8 Å². The van der Waals surface area contributed by atoms with E-state index in [9.17, 15) is 19.3 Å². The molecule has 0 atom stereocenters. The van der Waals surface area contributed by atoms with Crippen molar-refractivity contribution in [3.8, 4) is 0 Å². The summed E-state index contributed by atoms with van der Waals surface area (Å²) in [6, 6.07) is 4.86. The molecule has 0 heterocycles. The topological polar surface area (TPSA) is 96.1 Å². The van der Waals surface area contributed by atoms with Crippen LogP contribution in [0, 0.1) is 21.3 Å². The molecule has 2 N–H and O–H groups in total. The van der Waals surface area contributed by atoms with Crippen molar-refractivity contribution in [2.75, 3.05) is 5.32 Å². The lowest BCUT2D eigenvalue weighted by Gasteiger charge is -2.01. The molecule has 7 heteroatoms. The summed E-state index contributed by atoms with van der Waals surface area (Å²) in [6.45, 7) is 0. The minimum absolute atomic E-state index is 0.0691. The van der Waals surface area contributed by atoms with Crippen LogP contribution >= 0.6 is 0 Å². The number of amides is 1. The van der Waals surface area contributed by atoms with Crippen LogP contribution in [0.15, 0.2) is 30.0 Å². The number of carbonyl (C=O) groups is 1. The first-order chi connectivity index (χ1) is 7.54. The Kier molecular flexibility index (Phi) is 3.47. The molecule has 0 saturated carbocycles. The fourth-order valence-electron chi connectivity index (χ4n) is 0.942. The third-order valence-corrected chi connectivity index (χ3v) is 1.60. The highest BCUT2D eigenvalue weighted by molar-refractivity contribution is 6.06. The van der Waals surface area contributed by atoms with Crippen LogP contribution in [0.3, 0.4) is 0 Å². The summed E-state index contributed by atoms with van der Waals surface area (Å²) in [6.07, 6.45) is 0. The predicted octanol–water partition coefficient (Wildman–Crippen LogP) is 1.17. The van der Waals surface area contributed by atoms with Crippen molar-refractivity contribution in [3.63, 3.8) is 0 Å². The molecule has 0 radical (unpaired) electrons. The number of rotatable bonds is 3. The number of hydrogen-bond donors (Lipinski definition) is 2. The monoisotopic (exact) mass is 223 g/mol. The van der Waals surface area contributed by atoms with E-state index < -0.39 is 22.3 Å². The lowest BCUT2D eigenvalue weighted by Crippen LogP contribution is -2.20. The number of anilines is 1. The summed E-state index contributed by atoms with van der Waals surface area (Å²) in [5, 5.41) is 18.9. The first-order valence-corrected chi connectivity index (χ1v) is 4.05. The number of nitrogens with zero attached hydrogens (tertiary/aromatic N) is 1. The SMILES string of the molecule is N=C=C(C(=O)Nc1cccc(F)c1)[N+](=O)[O-]. The van der Waals surface area contributed by atoms with Gasteiger partial charge in [0.2, 0.25) is 0 Å². The number of nitrogens with one attached hydrogen (secondary N) is 2. The smallest absolute Gasteiger partial charge is 0.316 e. The highest BCUT2D eigenvalue weighted by Crippen LogP contribution is 2.09. The van der Waals surface area contributed by atoms with E-state index in [0.717, 1.165) is 12.1 Å². The number of nitro groups is 1. The fraction of sp³-hybridized carbons (Fsp3) is 0. The van der Waals surface area contributed by atoms with E-state index in [0.29, 0.717) is 0 Å². The van der Waals surface area contributed by atoms with Crippen LogP contribution in [0.4, 0.5) is 10.1 Å². The van der Waals surface area contributed by atoms with Gasteiger partial charge in [-0.05, 0) is 18.2 Å². The van der Waals surface area contributed by atoms with Crippen LogP contribution in [-0.4, -0.2) is 16.7 Å². The number of hydrogen-bond acceptors (Lipinski definition) is 4. The van der Waals surface area contributed by atoms with E-state index in [1.807, 2.05) is 0 Å². The molecule has 1 aromatic rings. The number of halogens is 1. The van der Waals surface area contributed by atoms with Gasteiger partial charge in [-0.3, -0.25) is 20.3 Å². The van der Waals surface area contributed by atoms with Crippen molar-refractivity contribution in [2.24, 2.45) is 0 Å². The van der Waals surface area contributed by atoms with Crippen molar-refractivity contribution >= 4 is 17.5 Å². The summed E-state index contributed by atoms with van der Waals surface area (Å²) < 4.78 is 12.7. The maximum absolute atomic E-state index is 12.7. The van der Waals surface area contributed by atoms with E-state index in [4.69, 9.17) is 5.41 Å². The molecule has 0 aliphatic heterocycles. The third kappa shape index (κ3) is 2.73. The van der Waals surface area contributed by atoms with Gasteiger partial charge in [-0.1, -0.05) is 6.07 Å². The quantitative estimate of drug-likeness (QED) is 0.348. The van der Waals surface area contributed by atoms with Gasteiger partial charge in [0.1, 0.15) is 5.82 Å². The fourth-order valence-corrected chi connectivity index (χ4v) is 0.942. The van der Waals surface area contributed by atoms with Gasteiger partial charge in [0.15, 0.2) is 0 Å². The Morgan fingerprint density at radius 1 is 1.56 bits per heavy atom. The molecule has 0 aromatic heterocycles. The zero-order valence-electron chi connectivity index (χ0n) is 7.86. The van der Waals surface area contributed by atoms with E-state index in [1.54, 1.807) is 0 Å². The van der Waals surface area contributed by atoms with Crippen molar-refractivity contribution < 1.29 is 14.1 Å². The van der Waals surface area contributed by atoms with Crippen LogP contribution < -0.4 is 5.32 Å². The molecule has 0 unspecified atom stereocenters. The van der Waals surface area contributed by atoms with Gasteiger partial charge in [-0.2, -0.15) is 0 Å². The molecular formula is C9H6FN3O3. The zero-order valence-corrected chi connectivity index (χ0v) is 7.86. The minimum atomic E-state index is -1.12. The summed E-state index contributed by atoms with van der Waals surface area (Å²) in [5.41, 5.74) is -0.969. The molecule has 0 spiro atoms. The molecule has 0 aliphatic carbocycles. The van der Waals surface area contributed by atoms with Crippen molar-refractivity contribution in [2.45, 2.75) is 0 Å². The van der Waals surface area contributed by atoms with Crippen LogP contribution in [0.2, 0.25) is 0 Å². The number of carbonyl (C=O) groups excluding carboxylic acids is 1. The van der Waals surface area contributed by atoms with Crippen molar-refractivity contribution in [1.82, 2.24) is 0 Å². The van der Waals surface area contributed by atoms with Crippen LogP contribution in [0.25, 0.3) is 0 Å². The largest absolute Gasteiger partial charge is 0.394 e. The van der Waals surface area contributed by atoms with Crippen LogP contribution in [0.5, 0.6) is 0 Å². The average molecular weight is 223 g/mol.